The second-order valence-corrected chi connectivity index (χ2v) is 6.26. The molecule has 3 nitrogen and oxygen atoms in total. The number of hydrogen-bond donors (Lipinski definition) is 1. The van der Waals surface area contributed by atoms with E-state index < -0.39 is 0 Å². The number of likely N-dealkylation sites (N-methyl/N-ethyl adjacent to an activating group) is 1. The predicted molar refractivity (Wildman–Crippen MR) is 74.2 cm³/mol. The highest BCUT2D eigenvalue weighted by atomic mass is 16.3. The molecule has 1 atom stereocenters. The third-order valence-corrected chi connectivity index (χ3v) is 4.94. The second kappa shape index (κ2) is 5.06. The molecule has 1 aliphatic rings. The average molecular weight is 250 g/mol. The molecule has 0 saturated heterocycles. The van der Waals surface area contributed by atoms with Crippen LogP contribution < -0.4 is 5.73 Å². The van der Waals surface area contributed by atoms with Gasteiger partial charge in [-0.2, -0.15) is 0 Å². The topological polar surface area (TPSA) is 42.4 Å². The maximum absolute atomic E-state index is 6.17. The van der Waals surface area contributed by atoms with Crippen molar-refractivity contribution >= 4 is 0 Å². The first-order valence-electron chi connectivity index (χ1n) is 6.95. The smallest absolute Gasteiger partial charge is 0.117 e. The van der Waals surface area contributed by atoms with Gasteiger partial charge in [0, 0.05) is 12.1 Å². The Morgan fingerprint density at radius 1 is 1.33 bits per heavy atom. The van der Waals surface area contributed by atoms with Gasteiger partial charge >= 0.3 is 0 Å². The molecule has 1 aliphatic carbocycles. The van der Waals surface area contributed by atoms with Crippen LogP contribution in [-0.4, -0.2) is 24.0 Å². The Kier molecular flexibility index (Phi) is 3.83. The molecule has 0 spiro atoms. The minimum absolute atomic E-state index is 0.0953. The lowest BCUT2D eigenvalue weighted by Gasteiger charge is -2.54. The van der Waals surface area contributed by atoms with E-state index in [9.17, 15) is 0 Å². The van der Waals surface area contributed by atoms with Crippen molar-refractivity contribution in [1.82, 2.24) is 4.90 Å². The van der Waals surface area contributed by atoms with Crippen LogP contribution in [0.2, 0.25) is 0 Å². The SMILES string of the molecule is CN(Cc1ccco1)C1(CN)CCCCC1(C)C. The van der Waals surface area contributed by atoms with Gasteiger partial charge in [0.15, 0.2) is 0 Å². The first-order valence-corrected chi connectivity index (χ1v) is 6.95. The Bertz CT molecular complexity index is 372. The average Bonchev–Trinajstić information content (AvgIpc) is 2.81. The highest BCUT2D eigenvalue weighted by molar-refractivity contribution is 5.07. The van der Waals surface area contributed by atoms with Crippen molar-refractivity contribution in [3.63, 3.8) is 0 Å². The molecule has 1 unspecified atom stereocenters. The third kappa shape index (κ3) is 2.21. The molecular formula is C15H26N2O. The summed E-state index contributed by atoms with van der Waals surface area (Å²) in [4.78, 5) is 2.41. The van der Waals surface area contributed by atoms with Crippen LogP contribution in [0.25, 0.3) is 0 Å². The van der Waals surface area contributed by atoms with Gasteiger partial charge in [-0.1, -0.05) is 26.7 Å². The molecule has 0 amide bonds. The van der Waals surface area contributed by atoms with Crippen LogP contribution in [0.15, 0.2) is 22.8 Å². The van der Waals surface area contributed by atoms with Gasteiger partial charge in [-0.3, -0.25) is 4.90 Å². The number of hydrogen-bond acceptors (Lipinski definition) is 3. The second-order valence-electron chi connectivity index (χ2n) is 6.26. The maximum atomic E-state index is 6.17. The number of nitrogens with zero attached hydrogens (tertiary/aromatic N) is 1. The minimum Gasteiger partial charge on any atom is -0.468 e. The van der Waals surface area contributed by atoms with Crippen LogP contribution in [0.4, 0.5) is 0 Å². The number of nitrogens with two attached hydrogens (primary N) is 1. The highest BCUT2D eigenvalue weighted by Crippen LogP contribution is 2.46. The monoisotopic (exact) mass is 250 g/mol. The van der Waals surface area contributed by atoms with E-state index in [1.165, 1.54) is 25.7 Å². The van der Waals surface area contributed by atoms with E-state index in [1.807, 2.05) is 12.1 Å². The van der Waals surface area contributed by atoms with Crippen LogP contribution in [0.3, 0.4) is 0 Å². The van der Waals surface area contributed by atoms with Crippen LogP contribution in [-0.2, 0) is 6.54 Å². The van der Waals surface area contributed by atoms with Crippen molar-refractivity contribution in [2.75, 3.05) is 13.6 Å². The molecule has 0 radical (unpaired) electrons. The summed E-state index contributed by atoms with van der Waals surface area (Å²) in [6, 6.07) is 3.99. The van der Waals surface area contributed by atoms with Gasteiger partial charge in [-0.05, 0) is 37.4 Å². The molecular weight excluding hydrogens is 224 g/mol. The fourth-order valence-electron chi connectivity index (χ4n) is 3.58. The highest BCUT2D eigenvalue weighted by Gasteiger charge is 2.48. The van der Waals surface area contributed by atoms with Crippen LogP contribution in [0, 0.1) is 5.41 Å². The Balaban J connectivity index is 2.20. The molecule has 0 bridgehead atoms. The predicted octanol–water partition coefficient (Wildman–Crippen LogP) is 3.01. The fourth-order valence-corrected chi connectivity index (χ4v) is 3.58. The van der Waals surface area contributed by atoms with E-state index in [4.69, 9.17) is 10.2 Å². The summed E-state index contributed by atoms with van der Waals surface area (Å²) in [7, 11) is 2.18. The van der Waals surface area contributed by atoms with E-state index in [0.29, 0.717) is 0 Å². The lowest BCUT2D eigenvalue weighted by Crippen LogP contribution is -2.62. The van der Waals surface area contributed by atoms with Crippen LogP contribution >= 0.6 is 0 Å². The summed E-state index contributed by atoms with van der Waals surface area (Å²) in [5.74, 6) is 1.02. The van der Waals surface area contributed by atoms with Gasteiger partial charge in [0.1, 0.15) is 5.76 Å². The Morgan fingerprint density at radius 2 is 2.06 bits per heavy atom. The Hall–Kier alpha value is -0.800. The largest absolute Gasteiger partial charge is 0.468 e. The zero-order valence-corrected chi connectivity index (χ0v) is 11.9. The summed E-state index contributed by atoms with van der Waals surface area (Å²) in [5, 5.41) is 0. The normalized spacial score (nSPS) is 27.6. The van der Waals surface area contributed by atoms with Gasteiger partial charge < -0.3 is 10.2 Å². The fraction of sp³-hybridized carbons (Fsp3) is 0.733. The summed E-state index contributed by atoms with van der Waals surface area (Å²) in [6.07, 6.45) is 6.79. The van der Waals surface area contributed by atoms with E-state index >= 15 is 0 Å². The molecule has 18 heavy (non-hydrogen) atoms. The van der Waals surface area contributed by atoms with Crippen molar-refractivity contribution in [1.29, 1.82) is 0 Å². The molecule has 0 aromatic carbocycles. The molecule has 3 heteroatoms. The standard InChI is InChI=1S/C15H26N2O/c1-14(2)8-4-5-9-15(14,12-16)17(3)11-13-7-6-10-18-13/h6-7,10H,4-5,8-9,11-12,16H2,1-3H3. The Labute approximate surface area is 110 Å². The summed E-state index contributed by atoms with van der Waals surface area (Å²) in [6.45, 7) is 6.28. The van der Waals surface area contributed by atoms with Crippen LogP contribution in [0.5, 0.6) is 0 Å². The molecule has 1 aromatic heterocycles. The van der Waals surface area contributed by atoms with E-state index in [1.54, 1.807) is 6.26 Å². The number of rotatable bonds is 4. The molecule has 2 N–H and O–H groups in total. The van der Waals surface area contributed by atoms with Crippen molar-refractivity contribution in [3.05, 3.63) is 24.2 Å². The van der Waals surface area contributed by atoms with E-state index in [-0.39, 0.29) is 11.0 Å². The summed E-state index contributed by atoms with van der Waals surface area (Å²) >= 11 is 0. The molecule has 0 aliphatic heterocycles. The van der Waals surface area contributed by atoms with Gasteiger partial charge in [-0.25, -0.2) is 0 Å². The molecule has 1 saturated carbocycles. The third-order valence-electron chi connectivity index (χ3n) is 4.94. The minimum atomic E-state index is 0.0953. The van der Waals surface area contributed by atoms with Gasteiger partial charge in [0.05, 0.1) is 12.8 Å². The summed E-state index contributed by atoms with van der Waals surface area (Å²) < 4.78 is 5.47. The first kappa shape index (κ1) is 13.6. The van der Waals surface area contributed by atoms with E-state index in [0.717, 1.165) is 18.8 Å². The number of furan rings is 1. The molecule has 1 heterocycles. The Morgan fingerprint density at radius 3 is 2.61 bits per heavy atom. The van der Waals surface area contributed by atoms with Gasteiger partial charge in [-0.15, -0.1) is 0 Å². The maximum Gasteiger partial charge on any atom is 0.117 e. The van der Waals surface area contributed by atoms with Gasteiger partial charge in [0.2, 0.25) is 0 Å². The van der Waals surface area contributed by atoms with Crippen molar-refractivity contribution in [3.8, 4) is 0 Å². The molecule has 1 aromatic rings. The molecule has 102 valence electrons. The summed E-state index contributed by atoms with van der Waals surface area (Å²) in [5.41, 5.74) is 6.53. The molecule has 2 rings (SSSR count). The van der Waals surface area contributed by atoms with Crippen molar-refractivity contribution in [2.45, 2.75) is 51.6 Å². The zero-order valence-electron chi connectivity index (χ0n) is 11.9. The quantitative estimate of drug-likeness (QED) is 0.893. The lowest BCUT2D eigenvalue weighted by molar-refractivity contribution is -0.0362. The lowest BCUT2D eigenvalue weighted by atomic mass is 9.62. The zero-order chi connectivity index (χ0) is 13.2. The van der Waals surface area contributed by atoms with Crippen molar-refractivity contribution < 1.29 is 4.42 Å². The molecule has 1 fully saturated rings. The van der Waals surface area contributed by atoms with E-state index in [2.05, 4.69) is 25.8 Å². The van der Waals surface area contributed by atoms with Crippen LogP contribution in [0.1, 0.15) is 45.3 Å². The van der Waals surface area contributed by atoms with Crippen molar-refractivity contribution in [2.24, 2.45) is 11.1 Å². The first-order chi connectivity index (χ1) is 8.52. The van der Waals surface area contributed by atoms with Gasteiger partial charge in [0.25, 0.3) is 0 Å².